The molecule has 2 rings (SSSR count). The van der Waals surface area contributed by atoms with Crippen molar-refractivity contribution < 1.29 is 4.79 Å². The maximum absolute atomic E-state index is 11.6. The fourth-order valence-electron chi connectivity index (χ4n) is 2.00. The third-order valence-electron chi connectivity index (χ3n) is 2.89. The van der Waals surface area contributed by atoms with E-state index in [4.69, 9.17) is 0 Å². The van der Waals surface area contributed by atoms with Crippen molar-refractivity contribution in [3.05, 3.63) is 22.4 Å². The van der Waals surface area contributed by atoms with Crippen LogP contribution in [0.25, 0.3) is 0 Å². The van der Waals surface area contributed by atoms with Gasteiger partial charge in [0.1, 0.15) is 5.78 Å². The molecule has 1 aromatic rings. The Morgan fingerprint density at radius 1 is 1.40 bits per heavy atom. The van der Waals surface area contributed by atoms with Crippen LogP contribution < -0.4 is 0 Å². The molecule has 0 bridgehead atoms. The van der Waals surface area contributed by atoms with Gasteiger partial charge in [-0.05, 0) is 48.3 Å². The lowest BCUT2D eigenvalue weighted by atomic mass is 10.1. The number of hydrogen-bond donors (Lipinski definition) is 0. The first kappa shape index (κ1) is 10.8. The first-order chi connectivity index (χ1) is 7.34. The summed E-state index contributed by atoms with van der Waals surface area (Å²) in [7, 11) is 0. The molecule has 1 aliphatic heterocycles. The number of ketones is 1. The summed E-state index contributed by atoms with van der Waals surface area (Å²) < 4.78 is 0. The Balaban J connectivity index is 1.68. The van der Waals surface area contributed by atoms with E-state index in [2.05, 4.69) is 10.3 Å². The summed E-state index contributed by atoms with van der Waals surface area (Å²) in [5.74, 6) is 0.375. The molecule has 1 aliphatic rings. The topological polar surface area (TPSA) is 20.3 Å². The van der Waals surface area contributed by atoms with Gasteiger partial charge < -0.3 is 4.90 Å². The molecular formula is C12H17NOS. The van der Waals surface area contributed by atoms with Crippen molar-refractivity contribution in [3.63, 3.8) is 0 Å². The largest absolute Gasteiger partial charge is 0.303 e. The SMILES string of the molecule is O=C(CCN1CCCC1)Cc1ccsc1. The monoisotopic (exact) mass is 223 g/mol. The molecule has 0 unspecified atom stereocenters. The Labute approximate surface area is 94.9 Å². The van der Waals surface area contributed by atoms with Gasteiger partial charge in [0, 0.05) is 19.4 Å². The molecular weight excluding hydrogens is 206 g/mol. The fourth-order valence-corrected chi connectivity index (χ4v) is 2.67. The third-order valence-corrected chi connectivity index (χ3v) is 3.62. The van der Waals surface area contributed by atoms with Gasteiger partial charge in [0.05, 0.1) is 0 Å². The summed E-state index contributed by atoms with van der Waals surface area (Å²) in [6.07, 6.45) is 3.95. The molecule has 0 amide bonds. The zero-order chi connectivity index (χ0) is 10.5. The van der Waals surface area contributed by atoms with Gasteiger partial charge in [0.15, 0.2) is 0 Å². The average Bonchev–Trinajstić information content (AvgIpc) is 2.86. The van der Waals surface area contributed by atoms with Crippen LogP contribution in [0, 0.1) is 0 Å². The minimum absolute atomic E-state index is 0.375. The highest BCUT2D eigenvalue weighted by atomic mass is 32.1. The van der Waals surface area contributed by atoms with Crippen LogP contribution >= 0.6 is 11.3 Å². The van der Waals surface area contributed by atoms with Crippen molar-refractivity contribution in [1.82, 2.24) is 4.90 Å². The van der Waals surface area contributed by atoms with Gasteiger partial charge in [-0.25, -0.2) is 0 Å². The Morgan fingerprint density at radius 3 is 2.87 bits per heavy atom. The molecule has 0 aromatic carbocycles. The second-order valence-electron chi connectivity index (χ2n) is 4.15. The van der Waals surface area contributed by atoms with Crippen molar-refractivity contribution in [1.29, 1.82) is 0 Å². The number of carbonyl (C=O) groups excluding carboxylic acids is 1. The van der Waals surface area contributed by atoms with Crippen LogP contribution in [-0.4, -0.2) is 30.3 Å². The van der Waals surface area contributed by atoms with E-state index in [1.165, 1.54) is 31.5 Å². The maximum atomic E-state index is 11.6. The van der Waals surface area contributed by atoms with Crippen molar-refractivity contribution in [3.8, 4) is 0 Å². The minimum atomic E-state index is 0.375. The lowest BCUT2D eigenvalue weighted by molar-refractivity contribution is -0.118. The molecule has 0 atom stereocenters. The summed E-state index contributed by atoms with van der Waals surface area (Å²) in [5.41, 5.74) is 1.17. The first-order valence-corrected chi connectivity index (χ1v) is 6.54. The Hall–Kier alpha value is -0.670. The van der Waals surface area contributed by atoms with Gasteiger partial charge in [-0.1, -0.05) is 0 Å². The molecule has 1 aromatic heterocycles. The Kier molecular flexibility index (Phi) is 3.92. The van der Waals surface area contributed by atoms with Crippen molar-refractivity contribution in [2.24, 2.45) is 0 Å². The molecule has 15 heavy (non-hydrogen) atoms. The summed E-state index contributed by atoms with van der Waals surface area (Å²) >= 11 is 1.66. The normalized spacial score (nSPS) is 17.1. The van der Waals surface area contributed by atoms with E-state index in [9.17, 15) is 4.79 Å². The molecule has 2 nitrogen and oxygen atoms in total. The zero-order valence-electron chi connectivity index (χ0n) is 8.95. The van der Waals surface area contributed by atoms with Crippen LogP contribution in [0.4, 0.5) is 0 Å². The molecule has 0 spiro atoms. The van der Waals surface area contributed by atoms with Gasteiger partial charge in [-0.2, -0.15) is 11.3 Å². The average molecular weight is 223 g/mol. The van der Waals surface area contributed by atoms with E-state index in [1.54, 1.807) is 11.3 Å². The number of nitrogens with zero attached hydrogens (tertiary/aromatic N) is 1. The number of carbonyl (C=O) groups is 1. The minimum Gasteiger partial charge on any atom is -0.303 e. The number of thiophene rings is 1. The highest BCUT2D eigenvalue weighted by molar-refractivity contribution is 7.07. The molecule has 0 N–H and O–H groups in total. The highest BCUT2D eigenvalue weighted by Gasteiger charge is 2.12. The predicted molar refractivity (Wildman–Crippen MR) is 63.3 cm³/mol. The summed E-state index contributed by atoms with van der Waals surface area (Å²) in [6.45, 7) is 3.33. The van der Waals surface area contributed by atoms with E-state index < -0.39 is 0 Å². The molecule has 0 radical (unpaired) electrons. The van der Waals surface area contributed by atoms with E-state index in [-0.39, 0.29) is 0 Å². The zero-order valence-corrected chi connectivity index (χ0v) is 9.76. The molecule has 2 heterocycles. The van der Waals surface area contributed by atoms with Crippen molar-refractivity contribution >= 4 is 17.1 Å². The smallest absolute Gasteiger partial charge is 0.138 e. The van der Waals surface area contributed by atoms with Crippen LogP contribution in [0.1, 0.15) is 24.8 Å². The maximum Gasteiger partial charge on any atom is 0.138 e. The first-order valence-electron chi connectivity index (χ1n) is 5.60. The number of rotatable bonds is 5. The van der Waals surface area contributed by atoms with E-state index in [1.807, 2.05) is 11.4 Å². The van der Waals surface area contributed by atoms with Gasteiger partial charge in [0.2, 0.25) is 0 Å². The molecule has 1 fully saturated rings. The lowest BCUT2D eigenvalue weighted by Gasteiger charge is -2.13. The molecule has 3 heteroatoms. The molecule has 82 valence electrons. The number of likely N-dealkylation sites (tertiary alicyclic amines) is 1. The highest BCUT2D eigenvalue weighted by Crippen LogP contribution is 2.10. The third kappa shape index (κ3) is 3.43. The van der Waals surface area contributed by atoms with Crippen LogP contribution in [0.2, 0.25) is 0 Å². The van der Waals surface area contributed by atoms with Gasteiger partial charge in [-0.15, -0.1) is 0 Å². The summed E-state index contributed by atoms with van der Waals surface area (Å²) in [5, 5.41) is 4.09. The standard InChI is InChI=1S/C12H17NOS/c14-12(9-11-4-8-15-10-11)3-7-13-5-1-2-6-13/h4,8,10H,1-3,5-7,9H2. The van der Waals surface area contributed by atoms with Gasteiger partial charge in [-0.3, -0.25) is 4.79 Å². The predicted octanol–water partition coefficient (Wildman–Crippen LogP) is 2.35. The Bertz CT molecular complexity index is 301. The molecule has 0 aliphatic carbocycles. The lowest BCUT2D eigenvalue weighted by Crippen LogP contribution is -2.23. The Morgan fingerprint density at radius 2 is 2.20 bits per heavy atom. The van der Waals surface area contributed by atoms with E-state index in [0.717, 1.165) is 13.0 Å². The van der Waals surface area contributed by atoms with E-state index >= 15 is 0 Å². The molecule has 1 saturated heterocycles. The van der Waals surface area contributed by atoms with Gasteiger partial charge in [0.25, 0.3) is 0 Å². The second-order valence-corrected chi connectivity index (χ2v) is 4.93. The van der Waals surface area contributed by atoms with Crippen LogP contribution in [0.5, 0.6) is 0 Å². The number of hydrogen-bond acceptors (Lipinski definition) is 3. The quantitative estimate of drug-likeness (QED) is 0.763. The van der Waals surface area contributed by atoms with Crippen LogP contribution in [0.3, 0.4) is 0 Å². The van der Waals surface area contributed by atoms with E-state index in [0.29, 0.717) is 12.2 Å². The summed E-state index contributed by atoms with van der Waals surface area (Å²) in [4.78, 5) is 14.0. The number of Topliss-reactive ketones (excluding diaryl/α,β-unsaturated/α-hetero) is 1. The van der Waals surface area contributed by atoms with Crippen LogP contribution in [-0.2, 0) is 11.2 Å². The van der Waals surface area contributed by atoms with Crippen molar-refractivity contribution in [2.45, 2.75) is 25.7 Å². The van der Waals surface area contributed by atoms with Crippen LogP contribution in [0.15, 0.2) is 16.8 Å². The molecule has 0 saturated carbocycles. The van der Waals surface area contributed by atoms with Crippen molar-refractivity contribution in [2.75, 3.05) is 19.6 Å². The summed E-state index contributed by atoms with van der Waals surface area (Å²) in [6, 6.07) is 2.04. The second kappa shape index (κ2) is 5.42. The fraction of sp³-hybridized carbons (Fsp3) is 0.583. The van der Waals surface area contributed by atoms with Gasteiger partial charge >= 0.3 is 0 Å².